The van der Waals surface area contributed by atoms with E-state index in [1.807, 2.05) is 32.9 Å². The number of ether oxygens (including phenoxy) is 1. The normalized spacial score (nSPS) is 24.2. The lowest BCUT2D eigenvalue weighted by Crippen LogP contribution is -2.52. The van der Waals surface area contributed by atoms with Gasteiger partial charge < -0.3 is 30.5 Å². The lowest BCUT2D eigenvalue weighted by molar-refractivity contribution is -0.141. The van der Waals surface area contributed by atoms with Gasteiger partial charge in [0.05, 0.1) is 17.8 Å². The summed E-state index contributed by atoms with van der Waals surface area (Å²) in [5.41, 5.74) is 6.85. The molecule has 5 amide bonds. The number of imide groups is 1. The van der Waals surface area contributed by atoms with E-state index < -0.39 is 64.4 Å². The number of nitrogens with two attached hydrogens (primary N) is 1. The maximum absolute atomic E-state index is 16.4. The van der Waals surface area contributed by atoms with Crippen molar-refractivity contribution >= 4 is 52.5 Å². The van der Waals surface area contributed by atoms with Gasteiger partial charge in [-0.05, 0) is 71.3 Å². The summed E-state index contributed by atoms with van der Waals surface area (Å²) >= 11 is 6.38. The number of anilines is 2. The van der Waals surface area contributed by atoms with Crippen molar-refractivity contribution in [2.75, 3.05) is 37.0 Å². The molecule has 4 N–H and O–H groups in total. The number of primary amides is 1. The number of nitrogens with zero attached hydrogens (tertiary/aromatic N) is 4. The van der Waals surface area contributed by atoms with Crippen LogP contribution in [-0.4, -0.2) is 89.2 Å². The van der Waals surface area contributed by atoms with E-state index in [1.165, 1.54) is 24.1 Å². The first-order valence-electron chi connectivity index (χ1n) is 21.3. The summed E-state index contributed by atoms with van der Waals surface area (Å²) in [7, 11) is 1.42. The number of hydrogen-bond donors (Lipinski definition) is 3. The number of alkyl halides is 3. The average molecular weight is 916 g/mol. The number of aromatic nitrogens is 1. The van der Waals surface area contributed by atoms with Gasteiger partial charge >= 0.3 is 6.18 Å². The van der Waals surface area contributed by atoms with E-state index in [0.29, 0.717) is 36.3 Å². The van der Waals surface area contributed by atoms with Gasteiger partial charge in [-0.25, -0.2) is 4.39 Å². The maximum Gasteiger partial charge on any atom is 0.433 e. The first-order valence-corrected chi connectivity index (χ1v) is 21.7. The Morgan fingerprint density at radius 1 is 1.03 bits per heavy atom. The Balaban J connectivity index is 1.04. The zero-order valence-corrected chi connectivity index (χ0v) is 36.6. The SMILES string of the molecule is COc1cc(C(=O)N2CC(c3ccc4c(c3)CN(C3CCC(=O)NC3=O)C4=O)C2)ccc1N1[C@@H](CC(C)(C)C)[C@@]2(CNc3cc(C(F)(F)F)ncc32)[C@@H](c2cccc(Cl)c2F)[C@@H]1C(N)=O. The zero-order chi connectivity index (χ0) is 46.5. The van der Waals surface area contributed by atoms with E-state index in [-0.39, 0.29) is 77.2 Å². The first-order chi connectivity index (χ1) is 30.7. The van der Waals surface area contributed by atoms with Crippen molar-refractivity contribution in [3.8, 4) is 5.75 Å². The molecule has 0 saturated carbocycles. The van der Waals surface area contributed by atoms with Crippen LogP contribution in [0, 0.1) is 11.2 Å². The summed E-state index contributed by atoms with van der Waals surface area (Å²) in [4.78, 5) is 74.4. The number of fused-ring (bicyclic) bond motifs is 3. The van der Waals surface area contributed by atoms with E-state index in [0.717, 1.165) is 23.4 Å². The van der Waals surface area contributed by atoms with Crippen LogP contribution in [0.2, 0.25) is 5.02 Å². The molecule has 5 atom stereocenters. The number of halogens is 5. The number of methoxy groups -OCH3 is 1. The number of benzene rings is 3. The van der Waals surface area contributed by atoms with Crippen LogP contribution in [0.1, 0.15) is 101 Å². The van der Waals surface area contributed by atoms with Crippen molar-refractivity contribution in [2.45, 2.75) is 88.1 Å². The molecule has 13 nitrogen and oxygen atoms in total. The summed E-state index contributed by atoms with van der Waals surface area (Å²) in [5, 5.41) is 5.26. The lowest BCUT2D eigenvalue weighted by Gasteiger charge is -2.42. The highest BCUT2D eigenvalue weighted by Crippen LogP contribution is 2.61. The topological polar surface area (TPSA) is 167 Å². The molecule has 9 rings (SSSR count). The third-order valence-electron chi connectivity index (χ3n) is 13.7. The third kappa shape index (κ3) is 7.31. The van der Waals surface area contributed by atoms with Gasteiger partial charge in [-0.15, -0.1) is 0 Å². The minimum atomic E-state index is -4.75. The van der Waals surface area contributed by atoms with Crippen LogP contribution in [0.25, 0.3) is 0 Å². The van der Waals surface area contributed by atoms with E-state index in [2.05, 4.69) is 15.6 Å². The number of hydrogen-bond acceptors (Lipinski definition) is 9. The number of pyridine rings is 1. The number of carbonyl (C=O) groups excluding carboxylic acids is 5. The van der Waals surface area contributed by atoms with Crippen LogP contribution in [0.4, 0.5) is 28.9 Å². The van der Waals surface area contributed by atoms with Crippen molar-refractivity contribution < 1.29 is 46.3 Å². The Labute approximate surface area is 376 Å². The second-order valence-corrected chi connectivity index (χ2v) is 19.2. The van der Waals surface area contributed by atoms with Crippen molar-refractivity contribution in [1.29, 1.82) is 0 Å². The van der Waals surface area contributed by atoms with Gasteiger partial charge in [0.15, 0.2) is 0 Å². The van der Waals surface area contributed by atoms with Crippen molar-refractivity contribution in [3.05, 3.63) is 117 Å². The highest BCUT2D eigenvalue weighted by molar-refractivity contribution is 6.30. The molecule has 1 spiro atoms. The third-order valence-corrected chi connectivity index (χ3v) is 14.0. The molecule has 18 heteroatoms. The molecule has 0 radical (unpaired) electrons. The van der Waals surface area contributed by atoms with Crippen molar-refractivity contribution in [2.24, 2.45) is 11.1 Å². The van der Waals surface area contributed by atoms with Gasteiger partial charge in [-0.2, -0.15) is 13.2 Å². The molecule has 340 valence electrons. The molecular formula is C47H46ClF4N7O6. The molecule has 0 bridgehead atoms. The lowest BCUT2D eigenvalue weighted by atomic mass is 9.63. The summed E-state index contributed by atoms with van der Waals surface area (Å²) in [6.07, 6.45) is -2.84. The van der Waals surface area contributed by atoms with E-state index in [1.54, 1.807) is 40.1 Å². The van der Waals surface area contributed by atoms with Gasteiger partial charge in [0, 0.05) is 84.5 Å². The molecule has 65 heavy (non-hydrogen) atoms. The fourth-order valence-corrected chi connectivity index (χ4v) is 10.9. The predicted octanol–water partition coefficient (Wildman–Crippen LogP) is 6.53. The van der Waals surface area contributed by atoms with E-state index in [9.17, 15) is 37.1 Å². The molecule has 5 aliphatic rings. The summed E-state index contributed by atoms with van der Waals surface area (Å²) < 4.78 is 64.4. The fourth-order valence-electron chi connectivity index (χ4n) is 10.7. The first kappa shape index (κ1) is 44.0. The Morgan fingerprint density at radius 3 is 2.46 bits per heavy atom. The van der Waals surface area contributed by atoms with Crippen LogP contribution >= 0.6 is 11.6 Å². The number of rotatable bonds is 8. The summed E-state index contributed by atoms with van der Waals surface area (Å²) in [5.74, 6) is -3.95. The zero-order valence-electron chi connectivity index (χ0n) is 35.9. The average Bonchev–Trinajstić information content (AvgIpc) is 3.86. The summed E-state index contributed by atoms with van der Waals surface area (Å²) in [6, 6.07) is 13.0. The van der Waals surface area contributed by atoms with E-state index in [4.69, 9.17) is 22.1 Å². The van der Waals surface area contributed by atoms with Crippen LogP contribution in [0.5, 0.6) is 5.75 Å². The minimum absolute atomic E-state index is 0.00337. The van der Waals surface area contributed by atoms with Gasteiger partial charge in [-0.1, -0.05) is 56.6 Å². The molecule has 6 heterocycles. The molecule has 1 unspecified atom stereocenters. The summed E-state index contributed by atoms with van der Waals surface area (Å²) in [6.45, 7) is 6.93. The van der Waals surface area contributed by atoms with Crippen molar-refractivity contribution in [1.82, 2.24) is 20.1 Å². The Kier molecular flexibility index (Phi) is 10.7. The molecule has 0 aliphatic carbocycles. The van der Waals surface area contributed by atoms with Crippen LogP contribution in [0.3, 0.4) is 0 Å². The van der Waals surface area contributed by atoms with Crippen molar-refractivity contribution in [3.63, 3.8) is 0 Å². The van der Waals surface area contributed by atoms with Gasteiger partial charge in [-0.3, -0.25) is 34.3 Å². The fraction of sp³-hybridized carbons (Fsp3) is 0.404. The molecular weight excluding hydrogens is 870 g/mol. The standard InChI is InChI=1S/C47H46ClF4N7O6/c1-45(2,3)17-36-46(22-55-31-16-35(47(50,51)52)54-18-29(31)46)38(28-6-5-7-30(48)39(28)49)40(41(53)61)59(36)32-11-9-24(15-34(32)65-4)43(63)57-19-26(20-57)23-8-10-27-25(14-23)21-58(44(27)64)33-12-13-37(60)56-42(33)62/h5-11,14-16,18,26,33,36,38,40,55H,12-13,17,19-22H2,1-4H3,(H2,53,61)(H,56,60,62)/t33?,36-,38-,40+,46-/m0/s1. The number of nitrogens with one attached hydrogen (secondary N) is 2. The Bertz CT molecular complexity index is 2690. The molecule has 4 aromatic rings. The van der Waals surface area contributed by atoms with Crippen LogP contribution < -0.4 is 26.0 Å². The van der Waals surface area contributed by atoms with Gasteiger partial charge in [0.25, 0.3) is 11.8 Å². The Morgan fingerprint density at radius 2 is 1.78 bits per heavy atom. The van der Waals surface area contributed by atoms with Gasteiger partial charge in [0.1, 0.15) is 29.3 Å². The maximum atomic E-state index is 16.4. The second-order valence-electron chi connectivity index (χ2n) is 18.8. The van der Waals surface area contributed by atoms with E-state index >= 15 is 4.39 Å². The highest BCUT2D eigenvalue weighted by Gasteiger charge is 2.66. The quantitative estimate of drug-likeness (QED) is 0.132. The molecule has 3 aromatic carbocycles. The molecule has 3 saturated heterocycles. The monoisotopic (exact) mass is 915 g/mol. The molecule has 3 fully saturated rings. The Hall–Kier alpha value is -6.23. The number of piperidine rings is 1. The predicted molar refractivity (Wildman–Crippen MR) is 231 cm³/mol. The largest absolute Gasteiger partial charge is 0.495 e. The minimum Gasteiger partial charge on any atom is -0.495 e. The smallest absolute Gasteiger partial charge is 0.433 e. The molecule has 5 aliphatic heterocycles. The van der Waals surface area contributed by atoms with Crippen LogP contribution in [-0.2, 0) is 32.5 Å². The second kappa shape index (κ2) is 15.7. The molecule has 1 aromatic heterocycles. The highest BCUT2D eigenvalue weighted by atomic mass is 35.5. The number of amides is 5. The number of carbonyl (C=O) groups is 5. The van der Waals surface area contributed by atoms with Gasteiger partial charge in [0.2, 0.25) is 17.7 Å². The van der Waals surface area contributed by atoms with Crippen LogP contribution in [0.15, 0.2) is 66.9 Å². The number of likely N-dealkylation sites (tertiary alicyclic amines) is 1.